The molecule has 1 saturated carbocycles. The summed E-state index contributed by atoms with van der Waals surface area (Å²) >= 11 is 0. The van der Waals surface area contributed by atoms with Crippen molar-refractivity contribution in [1.29, 1.82) is 0 Å². The molecule has 0 aromatic carbocycles. The van der Waals surface area contributed by atoms with Gasteiger partial charge in [0, 0.05) is 12.6 Å². The van der Waals surface area contributed by atoms with Gasteiger partial charge in [0.25, 0.3) is 0 Å². The molecule has 3 nitrogen and oxygen atoms in total. The van der Waals surface area contributed by atoms with Gasteiger partial charge in [0.1, 0.15) is 0 Å². The summed E-state index contributed by atoms with van der Waals surface area (Å²) in [6, 6.07) is 0.191. The summed E-state index contributed by atoms with van der Waals surface area (Å²) in [6.45, 7) is 5.35. The lowest BCUT2D eigenvalue weighted by Crippen LogP contribution is -2.46. The van der Waals surface area contributed by atoms with Crippen LogP contribution in [0.5, 0.6) is 0 Å². The fraction of sp³-hybridized carbons (Fsp3) is 0.938. The molecular weight excluding hydrogens is 236 g/mol. The molecule has 1 atom stereocenters. The highest BCUT2D eigenvalue weighted by Crippen LogP contribution is 2.24. The average Bonchev–Trinajstić information content (AvgIpc) is 2.41. The third kappa shape index (κ3) is 6.31. The molecule has 0 bridgehead atoms. The Hall–Kier alpha value is -0.730. The maximum Gasteiger partial charge on any atom is 0.315 e. The van der Waals surface area contributed by atoms with Gasteiger partial charge in [-0.2, -0.15) is 0 Å². The van der Waals surface area contributed by atoms with Gasteiger partial charge in [0.15, 0.2) is 0 Å². The molecule has 0 radical (unpaired) electrons. The fourth-order valence-corrected chi connectivity index (χ4v) is 3.16. The second-order valence-corrected chi connectivity index (χ2v) is 6.24. The molecule has 2 amide bonds. The van der Waals surface area contributed by atoms with Crippen molar-refractivity contribution in [2.24, 2.45) is 11.7 Å². The molecule has 0 aromatic rings. The molecule has 0 saturated heterocycles. The average molecular weight is 268 g/mol. The predicted octanol–water partition coefficient (Wildman–Crippen LogP) is 4.31. The Balaban J connectivity index is 2.33. The first-order valence-electron chi connectivity index (χ1n) is 8.21. The van der Waals surface area contributed by atoms with Crippen molar-refractivity contribution in [1.82, 2.24) is 4.90 Å². The number of carbonyl (C=O) groups excluding carboxylic acids is 1. The van der Waals surface area contributed by atoms with Crippen LogP contribution in [0.25, 0.3) is 0 Å². The van der Waals surface area contributed by atoms with Gasteiger partial charge in [-0.25, -0.2) is 4.79 Å². The van der Waals surface area contributed by atoms with E-state index in [1.807, 2.05) is 4.90 Å². The number of nitrogens with two attached hydrogens (primary N) is 1. The highest BCUT2D eigenvalue weighted by atomic mass is 16.2. The van der Waals surface area contributed by atoms with E-state index in [4.69, 9.17) is 5.73 Å². The number of carbonyl (C=O) groups is 1. The summed E-state index contributed by atoms with van der Waals surface area (Å²) in [5.74, 6) is 0.575. The summed E-state index contributed by atoms with van der Waals surface area (Å²) in [5, 5.41) is 0. The Morgan fingerprint density at radius 2 is 1.89 bits per heavy atom. The van der Waals surface area contributed by atoms with Gasteiger partial charge in [0.05, 0.1) is 0 Å². The maximum atomic E-state index is 11.7. The van der Waals surface area contributed by atoms with Gasteiger partial charge in [-0.15, -0.1) is 0 Å². The lowest BCUT2D eigenvalue weighted by molar-refractivity contribution is 0.149. The first-order chi connectivity index (χ1) is 9.15. The van der Waals surface area contributed by atoms with E-state index in [0.717, 1.165) is 19.4 Å². The first kappa shape index (κ1) is 16.3. The maximum absolute atomic E-state index is 11.7. The molecule has 112 valence electrons. The molecule has 3 heteroatoms. The molecule has 2 N–H and O–H groups in total. The molecule has 0 heterocycles. The van der Waals surface area contributed by atoms with E-state index in [2.05, 4.69) is 13.8 Å². The van der Waals surface area contributed by atoms with Crippen LogP contribution in [0.2, 0.25) is 0 Å². The van der Waals surface area contributed by atoms with E-state index >= 15 is 0 Å². The molecule has 19 heavy (non-hydrogen) atoms. The molecule has 1 aliphatic carbocycles. The van der Waals surface area contributed by atoms with Crippen LogP contribution < -0.4 is 5.73 Å². The lowest BCUT2D eigenvalue weighted by Gasteiger charge is -2.34. The third-order valence-corrected chi connectivity index (χ3v) is 4.36. The van der Waals surface area contributed by atoms with Gasteiger partial charge in [-0.05, 0) is 25.2 Å². The number of amides is 2. The highest BCUT2D eigenvalue weighted by molar-refractivity contribution is 5.72. The second-order valence-electron chi connectivity index (χ2n) is 6.24. The van der Waals surface area contributed by atoms with E-state index in [-0.39, 0.29) is 6.03 Å². The number of nitrogens with zero attached hydrogens (tertiary/aromatic N) is 1. The van der Waals surface area contributed by atoms with Crippen molar-refractivity contribution in [2.75, 3.05) is 6.54 Å². The van der Waals surface area contributed by atoms with Crippen LogP contribution in [0.4, 0.5) is 4.79 Å². The van der Waals surface area contributed by atoms with Crippen LogP contribution in [0, 0.1) is 5.92 Å². The van der Waals surface area contributed by atoms with Crippen molar-refractivity contribution in [3.63, 3.8) is 0 Å². The summed E-state index contributed by atoms with van der Waals surface area (Å²) in [6.07, 6.45) is 12.5. The zero-order valence-electron chi connectivity index (χ0n) is 12.9. The van der Waals surface area contributed by atoms with E-state index in [1.54, 1.807) is 0 Å². The molecule has 1 fully saturated rings. The van der Waals surface area contributed by atoms with E-state index in [0.29, 0.717) is 12.0 Å². The predicted molar refractivity (Wildman–Crippen MR) is 81.1 cm³/mol. The smallest absolute Gasteiger partial charge is 0.315 e. The number of urea groups is 1. The second kappa shape index (κ2) is 9.22. The van der Waals surface area contributed by atoms with Gasteiger partial charge in [0.2, 0.25) is 0 Å². The van der Waals surface area contributed by atoms with Crippen molar-refractivity contribution in [2.45, 2.75) is 84.1 Å². The van der Waals surface area contributed by atoms with Gasteiger partial charge >= 0.3 is 6.03 Å². The zero-order chi connectivity index (χ0) is 14.1. The van der Waals surface area contributed by atoms with Crippen LogP contribution in [0.3, 0.4) is 0 Å². The molecule has 0 aliphatic heterocycles. The van der Waals surface area contributed by atoms with Gasteiger partial charge < -0.3 is 10.6 Å². The highest BCUT2D eigenvalue weighted by Gasteiger charge is 2.24. The minimum atomic E-state index is -0.215. The van der Waals surface area contributed by atoms with Crippen LogP contribution >= 0.6 is 0 Å². The number of hydrogen-bond donors (Lipinski definition) is 1. The molecule has 1 rings (SSSR count). The summed E-state index contributed by atoms with van der Waals surface area (Å²) in [5.41, 5.74) is 5.58. The summed E-state index contributed by atoms with van der Waals surface area (Å²) in [7, 11) is 0. The Labute approximate surface area is 118 Å². The molecule has 0 aromatic heterocycles. The minimum Gasteiger partial charge on any atom is -0.351 e. The van der Waals surface area contributed by atoms with Crippen molar-refractivity contribution < 1.29 is 4.79 Å². The number of rotatable bonds is 8. The number of unbranched alkanes of at least 4 members (excludes halogenated alkanes) is 3. The fourth-order valence-electron chi connectivity index (χ4n) is 3.16. The van der Waals surface area contributed by atoms with Crippen molar-refractivity contribution >= 4 is 6.03 Å². The third-order valence-electron chi connectivity index (χ3n) is 4.36. The normalized spacial score (nSPS) is 18.2. The van der Waals surface area contributed by atoms with Gasteiger partial charge in [-0.1, -0.05) is 58.8 Å². The summed E-state index contributed by atoms with van der Waals surface area (Å²) < 4.78 is 0. The minimum absolute atomic E-state index is 0.215. The molecular formula is C16H32N2O. The van der Waals surface area contributed by atoms with Crippen molar-refractivity contribution in [3.05, 3.63) is 0 Å². The number of hydrogen-bond acceptors (Lipinski definition) is 1. The van der Waals surface area contributed by atoms with E-state index in [1.165, 1.54) is 51.4 Å². The Morgan fingerprint density at radius 1 is 1.21 bits per heavy atom. The monoisotopic (exact) mass is 268 g/mol. The first-order valence-corrected chi connectivity index (χ1v) is 8.21. The Kier molecular flexibility index (Phi) is 7.92. The quantitative estimate of drug-likeness (QED) is 0.655. The zero-order valence-corrected chi connectivity index (χ0v) is 12.9. The van der Waals surface area contributed by atoms with Crippen LogP contribution in [-0.4, -0.2) is 23.5 Å². The van der Waals surface area contributed by atoms with E-state index < -0.39 is 0 Å². The van der Waals surface area contributed by atoms with Crippen LogP contribution in [0.1, 0.15) is 78.1 Å². The Bertz CT molecular complexity index is 249. The summed E-state index contributed by atoms with van der Waals surface area (Å²) in [4.78, 5) is 13.6. The Morgan fingerprint density at radius 3 is 2.47 bits per heavy atom. The largest absolute Gasteiger partial charge is 0.351 e. The van der Waals surface area contributed by atoms with E-state index in [9.17, 15) is 4.79 Å². The van der Waals surface area contributed by atoms with Crippen LogP contribution in [0.15, 0.2) is 0 Å². The van der Waals surface area contributed by atoms with Crippen LogP contribution in [-0.2, 0) is 0 Å². The SMILES string of the molecule is CCCCCCC(C)CN(C(N)=O)C1CCCCC1. The lowest BCUT2D eigenvalue weighted by atomic mass is 9.93. The standard InChI is InChI=1S/C16H32N2O/c1-3-4-5-7-10-14(2)13-18(16(17)19)15-11-8-6-9-12-15/h14-15H,3-13H2,1-2H3,(H2,17,19). The van der Waals surface area contributed by atoms with Crippen molar-refractivity contribution in [3.8, 4) is 0 Å². The number of primary amides is 1. The molecule has 1 unspecified atom stereocenters. The molecule has 1 aliphatic rings. The topological polar surface area (TPSA) is 46.3 Å². The van der Waals surface area contributed by atoms with Gasteiger partial charge in [-0.3, -0.25) is 0 Å². The molecule has 0 spiro atoms.